The highest BCUT2D eigenvalue weighted by atomic mass is 16.5. The maximum absolute atomic E-state index is 12.3. The van der Waals surface area contributed by atoms with Crippen LogP contribution in [0.25, 0.3) is 5.69 Å². The Morgan fingerprint density at radius 3 is 2.41 bits per heavy atom. The zero-order valence-corrected chi connectivity index (χ0v) is 16.6. The summed E-state index contributed by atoms with van der Waals surface area (Å²) in [7, 11) is 1.68. The maximum Gasteiger partial charge on any atom is 0.338 e. The fourth-order valence-electron chi connectivity index (χ4n) is 2.84. The molecule has 2 aromatic carbocycles. The normalized spacial score (nSPS) is 10.4. The Morgan fingerprint density at radius 1 is 1.00 bits per heavy atom. The summed E-state index contributed by atoms with van der Waals surface area (Å²) in [6.45, 7) is 2.65. The fraction of sp³-hybridized carbons (Fsp3) is 0.217. The number of carbonyl (C=O) groups is 2. The third kappa shape index (κ3) is 5.48. The lowest BCUT2D eigenvalue weighted by Crippen LogP contribution is -2.30. The quantitative estimate of drug-likeness (QED) is 0.549. The lowest BCUT2D eigenvalue weighted by atomic mass is 10.2. The molecule has 6 heteroatoms. The first-order valence-electron chi connectivity index (χ1n) is 9.43. The third-order valence-electron chi connectivity index (χ3n) is 4.39. The van der Waals surface area contributed by atoms with Crippen molar-refractivity contribution in [3.63, 3.8) is 0 Å². The van der Waals surface area contributed by atoms with Gasteiger partial charge in [0, 0.05) is 31.7 Å². The van der Waals surface area contributed by atoms with E-state index in [1.54, 1.807) is 25.2 Å². The fourth-order valence-corrected chi connectivity index (χ4v) is 2.84. The van der Waals surface area contributed by atoms with Gasteiger partial charge in [0.1, 0.15) is 5.75 Å². The van der Waals surface area contributed by atoms with Gasteiger partial charge < -0.3 is 18.9 Å². The maximum atomic E-state index is 12.3. The van der Waals surface area contributed by atoms with E-state index in [4.69, 9.17) is 9.47 Å². The van der Waals surface area contributed by atoms with Gasteiger partial charge in [0.25, 0.3) is 5.91 Å². The molecule has 1 aromatic heterocycles. The van der Waals surface area contributed by atoms with E-state index in [-0.39, 0.29) is 12.5 Å². The smallest absolute Gasteiger partial charge is 0.338 e. The van der Waals surface area contributed by atoms with Gasteiger partial charge in [0.2, 0.25) is 0 Å². The van der Waals surface area contributed by atoms with Gasteiger partial charge in [-0.1, -0.05) is 18.2 Å². The van der Waals surface area contributed by atoms with Crippen LogP contribution in [0.4, 0.5) is 0 Å². The van der Waals surface area contributed by atoms with E-state index >= 15 is 0 Å². The Bertz CT molecular complexity index is 949. The summed E-state index contributed by atoms with van der Waals surface area (Å²) in [5, 5.41) is 0. The minimum atomic E-state index is -0.526. The van der Waals surface area contributed by atoms with Gasteiger partial charge in [-0.25, -0.2) is 4.79 Å². The van der Waals surface area contributed by atoms with Gasteiger partial charge in [-0.15, -0.1) is 0 Å². The van der Waals surface area contributed by atoms with Gasteiger partial charge in [0.15, 0.2) is 6.61 Å². The number of aromatic nitrogens is 1. The molecule has 29 heavy (non-hydrogen) atoms. The Balaban J connectivity index is 1.53. The number of benzene rings is 2. The lowest BCUT2D eigenvalue weighted by molar-refractivity contribution is -0.133. The van der Waals surface area contributed by atoms with Crippen LogP contribution in [0.15, 0.2) is 73.1 Å². The van der Waals surface area contributed by atoms with Crippen LogP contribution >= 0.6 is 0 Å². The molecule has 0 saturated heterocycles. The molecule has 0 bridgehead atoms. The molecule has 0 aliphatic carbocycles. The molecule has 0 aliphatic rings. The molecule has 1 amide bonds. The molecule has 0 saturated carbocycles. The van der Waals surface area contributed by atoms with E-state index in [2.05, 4.69) is 0 Å². The zero-order chi connectivity index (χ0) is 20.6. The molecule has 0 unspecified atom stereocenters. The highest BCUT2D eigenvalue weighted by Gasteiger charge is 2.14. The summed E-state index contributed by atoms with van der Waals surface area (Å²) in [4.78, 5) is 26.2. The first-order chi connectivity index (χ1) is 14.1. The van der Waals surface area contributed by atoms with Gasteiger partial charge in [-0.3, -0.25) is 4.79 Å². The molecular formula is C23H24N2O4. The molecule has 0 N–H and O–H groups in total. The summed E-state index contributed by atoms with van der Waals surface area (Å²) in [6, 6.07) is 18.5. The standard InChI is InChI=1S/C23H24N2O4/c1-3-28-21-11-9-18(10-12-21)16-24(2)22(26)17-29-23(27)19-7-6-8-20(15-19)25-13-4-5-14-25/h4-15H,3,16-17H2,1-2H3. The van der Waals surface area contributed by atoms with E-state index in [1.165, 1.54) is 4.90 Å². The second kappa shape index (κ2) is 9.59. The number of rotatable bonds is 8. The number of hydrogen-bond acceptors (Lipinski definition) is 4. The molecule has 0 aliphatic heterocycles. The Kier molecular flexibility index (Phi) is 6.68. The van der Waals surface area contributed by atoms with Crippen LogP contribution in [0.3, 0.4) is 0 Å². The summed E-state index contributed by atoms with van der Waals surface area (Å²) >= 11 is 0. The molecule has 0 spiro atoms. The number of nitrogens with zero attached hydrogens (tertiary/aromatic N) is 2. The van der Waals surface area contributed by atoms with Gasteiger partial charge in [-0.2, -0.15) is 0 Å². The van der Waals surface area contributed by atoms with Crippen molar-refractivity contribution in [3.8, 4) is 11.4 Å². The summed E-state index contributed by atoms with van der Waals surface area (Å²) < 4.78 is 12.5. The number of esters is 1. The Morgan fingerprint density at radius 2 is 1.72 bits per heavy atom. The first-order valence-corrected chi connectivity index (χ1v) is 9.43. The SMILES string of the molecule is CCOc1ccc(CN(C)C(=O)COC(=O)c2cccc(-n3cccc3)c2)cc1. The van der Waals surface area contributed by atoms with Crippen LogP contribution in [0.1, 0.15) is 22.8 Å². The second-order valence-corrected chi connectivity index (χ2v) is 6.54. The van der Waals surface area contributed by atoms with Crippen molar-refractivity contribution in [2.75, 3.05) is 20.3 Å². The van der Waals surface area contributed by atoms with E-state index in [1.807, 2.05) is 66.3 Å². The number of amides is 1. The highest BCUT2D eigenvalue weighted by molar-refractivity contribution is 5.91. The summed E-state index contributed by atoms with van der Waals surface area (Å²) in [5.74, 6) is -0.00285. The first kappa shape index (κ1) is 20.2. The van der Waals surface area contributed by atoms with Crippen LogP contribution in [0, 0.1) is 0 Å². The van der Waals surface area contributed by atoms with Crippen molar-refractivity contribution in [3.05, 3.63) is 84.2 Å². The van der Waals surface area contributed by atoms with Crippen molar-refractivity contribution in [1.29, 1.82) is 0 Å². The number of carbonyl (C=O) groups excluding carboxylic acids is 2. The van der Waals surface area contributed by atoms with Crippen LogP contribution in [0.2, 0.25) is 0 Å². The van der Waals surface area contributed by atoms with Crippen molar-refractivity contribution < 1.29 is 19.1 Å². The molecule has 150 valence electrons. The third-order valence-corrected chi connectivity index (χ3v) is 4.39. The van der Waals surface area contributed by atoms with Crippen molar-refractivity contribution in [2.45, 2.75) is 13.5 Å². The Hall–Kier alpha value is -3.54. The highest BCUT2D eigenvalue weighted by Crippen LogP contribution is 2.14. The van der Waals surface area contributed by atoms with Crippen LogP contribution in [0.5, 0.6) is 5.75 Å². The van der Waals surface area contributed by atoms with Crippen LogP contribution in [-0.4, -0.2) is 41.6 Å². The predicted octanol–water partition coefficient (Wildman–Crippen LogP) is 3.69. The van der Waals surface area contributed by atoms with Crippen molar-refractivity contribution in [1.82, 2.24) is 9.47 Å². The van der Waals surface area contributed by atoms with E-state index in [0.717, 1.165) is 17.0 Å². The molecule has 0 atom stereocenters. The van der Waals surface area contributed by atoms with Crippen molar-refractivity contribution in [2.24, 2.45) is 0 Å². The van der Waals surface area contributed by atoms with Crippen molar-refractivity contribution >= 4 is 11.9 Å². The van der Waals surface area contributed by atoms with E-state index < -0.39 is 5.97 Å². The number of hydrogen-bond donors (Lipinski definition) is 0. The van der Waals surface area contributed by atoms with Crippen LogP contribution < -0.4 is 4.74 Å². The lowest BCUT2D eigenvalue weighted by Gasteiger charge is -2.17. The average molecular weight is 392 g/mol. The molecule has 3 aromatic rings. The predicted molar refractivity (Wildman–Crippen MR) is 110 cm³/mol. The molecular weight excluding hydrogens is 368 g/mol. The molecule has 3 rings (SSSR count). The molecule has 0 radical (unpaired) electrons. The zero-order valence-electron chi connectivity index (χ0n) is 16.6. The number of likely N-dealkylation sites (N-methyl/N-ethyl adjacent to an activating group) is 1. The molecule has 1 heterocycles. The topological polar surface area (TPSA) is 60.8 Å². The average Bonchev–Trinajstić information content (AvgIpc) is 3.28. The molecule has 6 nitrogen and oxygen atoms in total. The van der Waals surface area contributed by atoms with Gasteiger partial charge in [0.05, 0.1) is 12.2 Å². The second-order valence-electron chi connectivity index (χ2n) is 6.54. The summed E-state index contributed by atoms with van der Waals surface area (Å²) in [6.07, 6.45) is 3.79. The van der Waals surface area contributed by atoms with Gasteiger partial charge >= 0.3 is 5.97 Å². The Labute approximate surface area is 170 Å². The largest absolute Gasteiger partial charge is 0.494 e. The van der Waals surface area contributed by atoms with E-state index in [9.17, 15) is 9.59 Å². The summed E-state index contributed by atoms with van der Waals surface area (Å²) in [5.41, 5.74) is 2.22. The van der Waals surface area contributed by atoms with Crippen LogP contribution in [-0.2, 0) is 16.1 Å². The number of ether oxygens (including phenoxy) is 2. The monoisotopic (exact) mass is 392 g/mol. The van der Waals surface area contributed by atoms with Gasteiger partial charge in [-0.05, 0) is 55.0 Å². The van der Waals surface area contributed by atoms with E-state index in [0.29, 0.717) is 18.7 Å². The minimum absolute atomic E-state index is 0.270. The minimum Gasteiger partial charge on any atom is -0.494 e. The molecule has 0 fully saturated rings.